The molecule has 0 atom stereocenters. The number of carbonyl (C=O) groups is 1. The fraction of sp³-hybridized carbons (Fsp3) is 0.100. The van der Waals surface area contributed by atoms with Crippen molar-refractivity contribution in [2.75, 3.05) is 7.15 Å². The Labute approximate surface area is 139 Å². The molecule has 0 bridgehead atoms. The third-order valence-electron chi connectivity index (χ3n) is 1.08. The summed E-state index contributed by atoms with van der Waals surface area (Å²) in [6.07, 6.45) is 0.917. The summed E-state index contributed by atoms with van der Waals surface area (Å²) in [5, 5.41) is -3.22. The molecule has 0 saturated heterocycles. The van der Waals surface area contributed by atoms with Gasteiger partial charge in [0.25, 0.3) is 0 Å². The van der Waals surface area contributed by atoms with E-state index in [4.69, 9.17) is 1.37 Å². The molecule has 2 aromatic rings. The Morgan fingerprint density at radius 2 is 1.74 bits per heavy atom. The van der Waals surface area contributed by atoms with Gasteiger partial charge in [-0.15, -0.1) is 0 Å². The number of hydrogen-bond acceptors (Lipinski definition) is 2. The topological polar surface area (TPSA) is 34.1 Å². The second-order valence-electron chi connectivity index (χ2n) is 2.33. The van der Waals surface area contributed by atoms with E-state index < -0.39 is 12.4 Å². The van der Waals surface area contributed by atoms with Gasteiger partial charge in [0.15, 0.2) is 0 Å². The van der Waals surface area contributed by atoms with Crippen LogP contribution in [0.5, 0.6) is 0 Å². The first-order chi connectivity index (χ1) is 9.35. The zero-order chi connectivity index (χ0) is 15.9. The van der Waals surface area contributed by atoms with Crippen LogP contribution in [0.3, 0.4) is 0 Å². The van der Waals surface area contributed by atoms with Crippen LogP contribution in [0.2, 0.25) is 0 Å². The van der Waals surface area contributed by atoms with E-state index >= 15 is 0 Å². The van der Waals surface area contributed by atoms with Gasteiger partial charge in [-0.05, 0) is 33.7 Å². The molecule has 0 aliphatic carbocycles. The Balaban J connectivity index is 0. The second kappa shape index (κ2) is 15.1. The van der Waals surface area contributed by atoms with E-state index in [2.05, 4.69) is 55.7 Å². The number of halogens is 4. The van der Waals surface area contributed by atoms with E-state index in [-0.39, 0.29) is 0 Å². The summed E-state index contributed by atoms with van der Waals surface area (Å²) in [4.78, 5) is 16.3. The molecule has 2 aromatic heterocycles. The molecule has 0 spiro atoms. The van der Waals surface area contributed by atoms with Crippen LogP contribution < -0.4 is 0 Å². The van der Waals surface area contributed by atoms with Gasteiger partial charge in [0.2, 0.25) is 0 Å². The summed E-state index contributed by atoms with van der Waals surface area (Å²) in [6, 6.07) is 7.94. The first-order valence-electron chi connectivity index (χ1n) is 5.05. The molecule has 2 heterocycles. The van der Waals surface area contributed by atoms with Crippen molar-refractivity contribution in [1.82, 2.24) is 0 Å². The molecule has 0 aliphatic heterocycles. The molecule has 0 fully saturated rings. The summed E-state index contributed by atoms with van der Waals surface area (Å²) in [7, 11) is -1.00. The van der Waals surface area contributed by atoms with Crippen LogP contribution in [0.1, 0.15) is 10.6 Å². The maximum absolute atomic E-state index is 9.96. The first-order valence-corrected chi connectivity index (χ1v) is 12.6. The van der Waals surface area contributed by atoms with E-state index in [1.165, 1.54) is 0 Å². The van der Waals surface area contributed by atoms with Crippen molar-refractivity contribution in [3.8, 4) is 0 Å². The summed E-state index contributed by atoms with van der Waals surface area (Å²) in [6.45, 7) is 0. The van der Waals surface area contributed by atoms with Crippen LogP contribution in [-0.4, -0.2) is 42.4 Å². The molecule has 108 valence electrons. The number of hydrogen-bond donors (Lipinski definition) is 0. The fourth-order valence-electron chi connectivity index (χ4n) is 0.585. The summed E-state index contributed by atoms with van der Waals surface area (Å²) in [5.74, 6) is 0. The summed E-state index contributed by atoms with van der Waals surface area (Å²) in [5.41, 5.74) is 0. The number of aldehydes is 1. The van der Waals surface area contributed by atoms with Crippen LogP contribution >= 0.6 is 38.9 Å². The van der Waals surface area contributed by atoms with Gasteiger partial charge in [-0.25, -0.2) is 0 Å². The van der Waals surface area contributed by atoms with E-state index in [1.54, 1.807) is 0 Å². The van der Waals surface area contributed by atoms with Crippen molar-refractivity contribution in [1.29, 1.82) is 0 Å². The Bertz CT molecular complexity index is 426. The zero-order valence-corrected chi connectivity index (χ0v) is 16.0. The summed E-state index contributed by atoms with van der Waals surface area (Å²) >= 11 is 14.9. The standard InChI is InChI=1S/C5H4OSe.C4H4Se.CH3F.Cl3OP/c6-4-5-2-1-3-7-5;1-2-4-5-3-1;1-2;1-5(2,3)4/h1-4H;1-4H;1H3;/i;;1D;. The monoisotopic (exact) mass is 479 g/mol. The molecular weight excluding hydrogens is 466 g/mol. The van der Waals surface area contributed by atoms with Crippen LogP contribution in [0.4, 0.5) is 4.39 Å². The van der Waals surface area contributed by atoms with Gasteiger partial charge in [0.1, 0.15) is 0 Å². The van der Waals surface area contributed by atoms with Gasteiger partial charge in [0.05, 0.1) is 8.52 Å². The molecular formula is C10H11Cl3FO2PSe2. The number of carbonyl (C=O) groups excluding carboxylic acids is 1. The first kappa shape index (κ1) is 19.7. The Hall–Kier alpha value is 0.699. The van der Waals surface area contributed by atoms with E-state index in [9.17, 15) is 13.8 Å². The normalized spacial score (nSPS) is 9.37. The van der Waals surface area contributed by atoms with Crippen molar-refractivity contribution in [3.63, 3.8) is 0 Å². The third-order valence-corrected chi connectivity index (χ3v) is 4.08. The predicted molar refractivity (Wildman–Crippen MR) is 84.3 cm³/mol. The van der Waals surface area contributed by atoms with E-state index in [1.807, 2.05) is 17.1 Å². The van der Waals surface area contributed by atoms with Gasteiger partial charge in [0, 0.05) is 0 Å². The number of rotatable bonds is 1. The molecule has 0 radical (unpaired) electrons. The average molecular weight is 478 g/mol. The van der Waals surface area contributed by atoms with Gasteiger partial charge < -0.3 is 0 Å². The van der Waals surface area contributed by atoms with Crippen LogP contribution in [0.25, 0.3) is 0 Å². The van der Waals surface area contributed by atoms with Crippen molar-refractivity contribution in [2.45, 2.75) is 0 Å². The minimum atomic E-state index is -3.22. The van der Waals surface area contributed by atoms with Crippen LogP contribution in [-0.2, 0) is 4.57 Å². The molecule has 19 heavy (non-hydrogen) atoms. The second-order valence-corrected chi connectivity index (χ2v) is 12.7. The van der Waals surface area contributed by atoms with E-state index in [0.29, 0.717) is 29.0 Å². The SMILES string of the molecule is O=Cc1ccc[se]1.O=P(Cl)(Cl)Cl.[2H]CF.c1cc[se]c1. The van der Waals surface area contributed by atoms with E-state index in [0.717, 1.165) is 10.7 Å². The van der Waals surface area contributed by atoms with Crippen molar-refractivity contribution >= 4 is 74.2 Å². The van der Waals surface area contributed by atoms with Gasteiger partial charge in [-0.1, -0.05) is 0 Å². The van der Waals surface area contributed by atoms with Crippen molar-refractivity contribution in [2.24, 2.45) is 0 Å². The zero-order valence-electron chi connectivity index (χ0n) is 10.4. The molecule has 0 amide bonds. The van der Waals surface area contributed by atoms with Crippen molar-refractivity contribution in [3.05, 3.63) is 43.5 Å². The third kappa shape index (κ3) is 24.1. The quantitative estimate of drug-likeness (QED) is 0.339. The molecule has 9 heteroatoms. The van der Waals surface area contributed by atoms with Crippen LogP contribution in [0.15, 0.2) is 39.1 Å². The predicted octanol–water partition coefficient (Wildman–Crippen LogP) is 4.70. The van der Waals surface area contributed by atoms with Gasteiger partial charge >= 0.3 is 88.8 Å². The Kier molecular flexibility index (Phi) is 15.7. The van der Waals surface area contributed by atoms with Crippen molar-refractivity contribution < 1.29 is 15.1 Å². The molecule has 2 nitrogen and oxygen atoms in total. The summed E-state index contributed by atoms with van der Waals surface area (Å²) < 4.78 is 25.9. The Morgan fingerprint density at radius 3 is 1.89 bits per heavy atom. The Morgan fingerprint density at radius 1 is 1.26 bits per heavy atom. The fourth-order valence-corrected chi connectivity index (χ4v) is 2.64. The molecule has 0 aromatic carbocycles. The molecule has 0 saturated carbocycles. The average Bonchev–Trinajstić information content (AvgIpc) is 3.05. The molecule has 2 rings (SSSR count). The molecule has 0 N–H and O–H groups in total. The van der Waals surface area contributed by atoms with Gasteiger partial charge in [-0.3, -0.25) is 8.96 Å². The molecule has 0 unspecified atom stereocenters. The molecule has 0 aliphatic rings. The number of alkyl halides is 1. The maximum atomic E-state index is 9.96. The van der Waals surface area contributed by atoms with Gasteiger partial charge in [-0.2, -0.15) is 0 Å². The minimum absolute atomic E-state index is 0.349. The van der Waals surface area contributed by atoms with Crippen LogP contribution in [0, 0.1) is 0 Å².